The highest BCUT2D eigenvalue weighted by Crippen LogP contribution is 2.06. The minimum atomic E-state index is -0.963. The summed E-state index contributed by atoms with van der Waals surface area (Å²) >= 11 is 0. The number of amides is 2. The fourth-order valence-corrected chi connectivity index (χ4v) is 0.565. The van der Waals surface area contributed by atoms with Gasteiger partial charge in [-0.25, -0.2) is 0 Å². The van der Waals surface area contributed by atoms with E-state index in [9.17, 15) is 14.4 Å². The third kappa shape index (κ3) is 3.97. The van der Waals surface area contributed by atoms with Crippen LogP contribution in [0.1, 0.15) is 19.8 Å². The number of hydrogen-bond acceptors (Lipinski definition) is 5. The number of aliphatic carboxylic acids is 1. The van der Waals surface area contributed by atoms with Crippen LogP contribution in [0.3, 0.4) is 0 Å². The number of imide groups is 1. The molecule has 0 aromatic rings. The Balaban J connectivity index is 0.000000255. The molecule has 0 saturated carbocycles. The second-order valence-electron chi connectivity index (χ2n) is 2.73. The first-order valence-corrected chi connectivity index (χ1v) is 3.89. The molecule has 1 heterocycles. The van der Waals surface area contributed by atoms with Gasteiger partial charge in [-0.05, 0) is 6.92 Å². The molecule has 0 bridgehead atoms. The minimum absolute atomic E-state index is 0.148. The number of rotatable bonds is 1. The lowest BCUT2D eigenvalue weighted by Gasteiger charge is -1.98. The van der Waals surface area contributed by atoms with Crippen LogP contribution in [-0.4, -0.2) is 39.2 Å². The summed E-state index contributed by atoms with van der Waals surface area (Å²) in [4.78, 5) is 30.1. The molecule has 1 aliphatic rings. The summed E-state index contributed by atoms with van der Waals surface area (Å²) in [6.07, 6.45) is 0.296. The molecule has 0 spiro atoms. The summed E-state index contributed by atoms with van der Waals surface area (Å²) in [5, 5.41) is 16.4. The van der Waals surface area contributed by atoms with Crippen molar-refractivity contribution in [1.82, 2.24) is 5.06 Å². The van der Waals surface area contributed by atoms with Crippen molar-refractivity contribution in [1.29, 1.82) is 0 Å². The van der Waals surface area contributed by atoms with Crippen molar-refractivity contribution in [2.75, 3.05) is 0 Å². The first-order valence-electron chi connectivity index (χ1n) is 3.89. The molecule has 1 fully saturated rings. The van der Waals surface area contributed by atoms with E-state index in [1.165, 1.54) is 6.92 Å². The highest BCUT2D eigenvalue weighted by atomic mass is 16.5. The summed E-state index contributed by atoms with van der Waals surface area (Å²) in [5.41, 5.74) is 4.84. The summed E-state index contributed by atoms with van der Waals surface area (Å²) in [5.74, 6) is -1.97. The van der Waals surface area contributed by atoms with Gasteiger partial charge >= 0.3 is 5.97 Å². The fraction of sp³-hybridized carbons (Fsp3) is 0.571. The van der Waals surface area contributed by atoms with Gasteiger partial charge < -0.3 is 10.8 Å². The third-order valence-corrected chi connectivity index (χ3v) is 1.41. The number of nitrogens with zero attached hydrogens (tertiary/aromatic N) is 1. The van der Waals surface area contributed by atoms with Crippen molar-refractivity contribution in [3.8, 4) is 0 Å². The van der Waals surface area contributed by atoms with E-state index in [1.807, 2.05) is 0 Å². The van der Waals surface area contributed by atoms with E-state index in [1.54, 1.807) is 0 Å². The van der Waals surface area contributed by atoms with Gasteiger partial charge in [-0.1, -0.05) is 0 Å². The Labute approximate surface area is 80.1 Å². The molecule has 2 amide bonds. The normalized spacial score (nSPS) is 17.5. The predicted octanol–water partition coefficient (Wildman–Crippen LogP) is -1.06. The Bertz CT molecular complexity index is 234. The number of nitrogens with two attached hydrogens (primary N) is 1. The second-order valence-corrected chi connectivity index (χ2v) is 2.73. The van der Waals surface area contributed by atoms with Crippen LogP contribution >= 0.6 is 0 Å². The molecule has 14 heavy (non-hydrogen) atoms. The maximum atomic E-state index is 10.2. The zero-order valence-electron chi connectivity index (χ0n) is 7.64. The van der Waals surface area contributed by atoms with Gasteiger partial charge in [0.15, 0.2) is 0 Å². The fourth-order valence-electron chi connectivity index (χ4n) is 0.565. The minimum Gasteiger partial charge on any atom is -0.480 e. The van der Waals surface area contributed by atoms with Crippen LogP contribution in [0, 0.1) is 0 Å². The van der Waals surface area contributed by atoms with E-state index < -0.39 is 23.8 Å². The summed E-state index contributed by atoms with van der Waals surface area (Å²) < 4.78 is 0. The molecular weight excluding hydrogens is 192 g/mol. The van der Waals surface area contributed by atoms with Gasteiger partial charge in [0, 0.05) is 12.8 Å². The first kappa shape index (κ1) is 12.5. The van der Waals surface area contributed by atoms with E-state index in [4.69, 9.17) is 16.0 Å². The summed E-state index contributed by atoms with van der Waals surface area (Å²) in [6.45, 7) is 1.42. The molecule has 0 unspecified atom stereocenters. The van der Waals surface area contributed by atoms with Crippen LogP contribution in [0.4, 0.5) is 0 Å². The van der Waals surface area contributed by atoms with E-state index in [0.29, 0.717) is 0 Å². The van der Waals surface area contributed by atoms with Crippen LogP contribution in [0.2, 0.25) is 0 Å². The maximum absolute atomic E-state index is 10.2. The molecule has 0 aromatic heterocycles. The van der Waals surface area contributed by atoms with Crippen LogP contribution in [0.25, 0.3) is 0 Å². The maximum Gasteiger partial charge on any atom is 0.320 e. The van der Waals surface area contributed by atoms with Gasteiger partial charge in [-0.15, -0.1) is 0 Å². The number of carboxylic acid groups (broad SMARTS) is 1. The first-order chi connectivity index (χ1) is 6.36. The molecule has 1 aliphatic heterocycles. The second kappa shape index (κ2) is 5.30. The highest BCUT2D eigenvalue weighted by molar-refractivity contribution is 6.00. The number of carbonyl (C=O) groups is 3. The topological polar surface area (TPSA) is 121 Å². The molecule has 7 heteroatoms. The largest absolute Gasteiger partial charge is 0.480 e. The number of carboxylic acids is 1. The van der Waals surface area contributed by atoms with Crippen molar-refractivity contribution in [2.45, 2.75) is 25.8 Å². The summed E-state index contributed by atoms with van der Waals surface area (Å²) in [7, 11) is 0. The molecule has 0 radical (unpaired) electrons. The zero-order valence-corrected chi connectivity index (χ0v) is 7.64. The number of hydrogen-bond donors (Lipinski definition) is 3. The van der Waals surface area contributed by atoms with Crippen molar-refractivity contribution in [3.05, 3.63) is 0 Å². The van der Waals surface area contributed by atoms with Crippen molar-refractivity contribution >= 4 is 17.8 Å². The number of carbonyl (C=O) groups excluding carboxylic acids is 2. The smallest absolute Gasteiger partial charge is 0.320 e. The van der Waals surface area contributed by atoms with Crippen LogP contribution in [0.15, 0.2) is 0 Å². The Morgan fingerprint density at radius 3 is 1.79 bits per heavy atom. The monoisotopic (exact) mass is 204 g/mol. The number of hydroxylamine groups is 2. The van der Waals surface area contributed by atoms with Crippen molar-refractivity contribution < 1.29 is 24.7 Å². The SMILES string of the molecule is C[C@H](N)C(=O)O.O=C1CCC(=O)N1O. The van der Waals surface area contributed by atoms with E-state index >= 15 is 0 Å². The molecule has 7 nitrogen and oxygen atoms in total. The van der Waals surface area contributed by atoms with E-state index in [-0.39, 0.29) is 17.9 Å². The summed E-state index contributed by atoms with van der Waals surface area (Å²) in [6, 6.07) is -0.731. The van der Waals surface area contributed by atoms with Crippen LogP contribution in [-0.2, 0) is 14.4 Å². The van der Waals surface area contributed by atoms with Gasteiger partial charge in [0.05, 0.1) is 0 Å². The Hall–Kier alpha value is -1.47. The van der Waals surface area contributed by atoms with Crippen molar-refractivity contribution in [2.24, 2.45) is 5.73 Å². The zero-order chi connectivity index (χ0) is 11.3. The molecule has 0 aromatic carbocycles. The van der Waals surface area contributed by atoms with Crippen LogP contribution in [0.5, 0.6) is 0 Å². The van der Waals surface area contributed by atoms with Gasteiger partial charge in [0.25, 0.3) is 11.8 Å². The molecule has 0 aliphatic carbocycles. The van der Waals surface area contributed by atoms with Crippen molar-refractivity contribution in [3.63, 3.8) is 0 Å². The molecule has 80 valence electrons. The molecular formula is C7H12N2O5. The average molecular weight is 204 g/mol. The van der Waals surface area contributed by atoms with Crippen LogP contribution < -0.4 is 5.73 Å². The Morgan fingerprint density at radius 2 is 1.71 bits per heavy atom. The Morgan fingerprint density at radius 1 is 1.43 bits per heavy atom. The van der Waals surface area contributed by atoms with Gasteiger partial charge in [0.1, 0.15) is 6.04 Å². The predicted molar refractivity (Wildman–Crippen MR) is 44.2 cm³/mol. The van der Waals surface area contributed by atoms with E-state index in [0.717, 1.165) is 0 Å². The van der Waals surface area contributed by atoms with E-state index in [2.05, 4.69) is 0 Å². The van der Waals surface area contributed by atoms with Gasteiger partial charge in [-0.2, -0.15) is 5.06 Å². The molecule has 4 N–H and O–H groups in total. The van der Waals surface area contributed by atoms with Gasteiger partial charge in [0.2, 0.25) is 0 Å². The molecule has 1 rings (SSSR count). The molecule has 1 atom stereocenters. The Kier molecular flexibility index (Phi) is 4.74. The lowest BCUT2D eigenvalue weighted by atomic mass is 10.4. The highest BCUT2D eigenvalue weighted by Gasteiger charge is 2.26. The quantitative estimate of drug-likeness (QED) is 0.370. The molecule has 1 saturated heterocycles. The standard InChI is InChI=1S/C4H5NO3.C3H7NO2/c6-3-1-2-4(7)5(3)8;1-2(4)3(5)6/h8H,1-2H2;2H,4H2,1H3,(H,5,6)/t;2-/m.0/s1. The lowest BCUT2D eigenvalue weighted by molar-refractivity contribution is -0.171. The van der Waals surface area contributed by atoms with Gasteiger partial charge in [-0.3, -0.25) is 19.6 Å². The average Bonchev–Trinajstić information content (AvgIpc) is 2.37. The lowest BCUT2D eigenvalue weighted by Crippen LogP contribution is -2.25. The third-order valence-electron chi connectivity index (χ3n) is 1.41.